The molecule has 0 unspecified atom stereocenters. The highest BCUT2D eigenvalue weighted by atomic mass is 16.5. The molecule has 26 heavy (non-hydrogen) atoms. The van der Waals surface area contributed by atoms with Crippen LogP contribution in [0.4, 0.5) is 0 Å². The second kappa shape index (κ2) is 7.25. The number of ether oxygens (including phenoxy) is 2. The van der Waals surface area contributed by atoms with Crippen LogP contribution in [0, 0.1) is 5.41 Å². The number of carbonyl (C=O) groups is 1. The normalized spacial score (nSPS) is 25.8. The molecule has 2 aromatic rings. The van der Waals surface area contributed by atoms with Crippen molar-refractivity contribution in [3.8, 4) is 0 Å². The quantitative estimate of drug-likeness (QED) is 0.607. The van der Waals surface area contributed by atoms with Crippen LogP contribution in [0.5, 0.6) is 0 Å². The van der Waals surface area contributed by atoms with Gasteiger partial charge in [0.15, 0.2) is 5.76 Å². The summed E-state index contributed by atoms with van der Waals surface area (Å²) in [5.41, 5.74) is 0.608. The number of piperidine rings is 1. The smallest absolute Gasteiger partial charge is 0.289 e. The first-order valence-electron chi connectivity index (χ1n) is 9.30. The maximum Gasteiger partial charge on any atom is 0.289 e. The van der Waals surface area contributed by atoms with Crippen molar-refractivity contribution >= 4 is 16.9 Å². The molecule has 2 atom stereocenters. The zero-order valence-electron chi connectivity index (χ0n) is 15.0. The third-order valence-corrected chi connectivity index (χ3v) is 5.54. The van der Waals surface area contributed by atoms with Gasteiger partial charge in [0.1, 0.15) is 5.58 Å². The molecular formula is C21H25NO4. The van der Waals surface area contributed by atoms with Gasteiger partial charge in [-0.2, -0.15) is 0 Å². The van der Waals surface area contributed by atoms with Gasteiger partial charge in [-0.05, 0) is 31.4 Å². The van der Waals surface area contributed by atoms with Crippen molar-refractivity contribution in [1.82, 2.24) is 4.90 Å². The lowest BCUT2D eigenvalue weighted by Gasteiger charge is -2.50. The van der Waals surface area contributed by atoms with Gasteiger partial charge in [-0.25, -0.2) is 0 Å². The molecule has 0 saturated carbocycles. The number of nitrogens with zero attached hydrogens (tertiary/aromatic N) is 1. The van der Waals surface area contributed by atoms with E-state index in [0.29, 0.717) is 32.1 Å². The standard InChI is InChI=1S/C21H25NO4/c1-2-11-24-15-21-9-5-12-25-19(21)8-10-22(14-21)20(23)18-13-16-6-3-4-7-17(16)26-18/h2-4,6-7,13,19H,1,5,8-12,14-15H2/t19-,21-/m0/s1. The number of carbonyl (C=O) groups excluding carboxylic acids is 1. The van der Waals surface area contributed by atoms with Crippen LogP contribution >= 0.6 is 0 Å². The Balaban J connectivity index is 1.54. The molecule has 1 aromatic carbocycles. The molecule has 0 bridgehead atoms. The number of hydrogen-bond donors (Lipinski definition) is 0. The number of rotatable bonds is 5. The minimum atomic E-state index is -0.138. The van der Waals surface area contributed by atoms with Crippen LogP contribution in [-0.4, -0.2) is 49.8 Å². The van der Waals surface area contributed by atoms with Crippen molar-refractivity contribution in [3.63, 3.8) is 0 Å². The summed E-state index contributed by atoms with van der Waals surface area (Å²) in [6, 6.07) is 9.54. The van der Waals surface area contributed by atoms with E-state index in [9.17, 15) is 4.79 Å². The molecule has 2 saturated heterocycles. The Morgan fingerprint density at radius 1 is 1.42 bits per heavy atom. The van der Waals surface area contributed by atoms with Crippen LogP contribution in [0.15, 0.2) is 47.4 Å². The molecule has 2 aliphatic heterocycles. The molecule has 0 aliphatic carbocycles. The van der Waals surface area contributed by atoms with E-state index in [-0.39, 0.29) is 17.4 Å². The van der Waals surface area contributed by atoms with Gasteiger partial charge in [-0.1, -0.05) is 24.3 Å². The number of para-hydroxylation sites is 1. The van der Waals surface area contributed by atoms with Crippen LogP contribution in [-0.2, 0) is 9.47 Å². The number of furan rings is 1. The second-order valence-corrected chi connectivity index (χ2v) is 7.29. The lowest BCUT2D eigenvalue weighted by atomic mass is 9.73. The van der Waals surface area contributed by atoms with E-state index in [1.54, 1.807) is 6.08 Å². The van der Waals surface area contributed by atoms with Gasteiger partial charge in [-0.3, -0.25) is 4.79 Å². The predicted molar refractivity (Wildman–Crippen MR) is 99.2 cm³/mol. The lowest BCUT2D eigenvalue weighted by Crippen LogP contribution is -2.58. The summed E-state index contributed by atoms with van der Waals surface area (Å²) >= 11 is 0. The van der Waals surface area contributed by atoms with Crippen molar-refractivity contribution in [2.24, 2.45) is 5.41 Å². The van der Waals surface area contributed by atoms with Crippen LogP contribution in [0.25, 0.3) is 11.0 Å². The Hall–Kier alpha value is -2.11. The van der Waals surface area contributed by atoms with Crippen LogP contribution in [0.3, 0.4) is 0 Å². The van der Waals surface area contributed by atoms with Crippen molar-refractivity contribution in [2.45, 2.75) is 25.4 Å². The molecule has 0 radical (unpaired) electrons. The monoisotopic (exact) mass is 355 g/mol. The van der Waals surface area contributed by atoms with E-state index < -0.39 is 0 Å². The van der Waals surface area contributed by atoms with Crippen molar-refractivity contribution in [1.29, 1.82) is 0 Å². The maximum atomic E-state index is 13.1. The van der Waals surface area contributed by atoms with Crippen molar-refractivity contribution < 1.29 is 18.7 Å². The molecule has 0 N–H and O–H groups in total. The summed E-state index contributed by atoms with van der Waals surface area (Å²) in [5, 5.41) is 0.954. The van der Waals surface area contributed by atoms with Gasteiger partial charge in [0.2, 0.25) is 0 Å². The third-order valence-electron chi connectivity index (χ3n) is 5.54. The van der Waals surface area contributed by atoms with E-state index in [2.05, 4.69) is 6.58 Å². The zero-order chi connectivity index (χ0) is 18.0. The van der Waals surface area contributed by atoms with Gasteiger partial charge in [0.25, 0.3) is 5.91 Å². The fourth-order valence-electron chi connectivity index (χ4n) is 4.26. The van der Waals surface area contributed by atoms with Crippen LogP contribution < -0.4 is 0 Å². The van der Waals surface area contributed by atoms with E-state index in [1.807, 2.05) is 35.2 Å². The van der Waals surface area contributed by atoms with Gasteiger partial charge in [0, 0.05) is 30.5 Å². The summed E-state index contributed by atoms with van der Waals surface area (Å²) < 4.78 is 17.6. The average Bonchev–Trinajstić information content (AvgIpc) is 3.11. The van der Waals surface area contributed by atoms with E-state index >= 15 is 0 Å². The fraction of sp³-hybridized carbons (Fsp3) is 0.476. The number of benzene rings is 1. The van der Waals surface area contributed by atoms with Gasteiger partial charge < -0.3 is 18.8 Å². The minimum absolute atomic E-state index is 0.0479. The molecule has 1 aromatic heterocycles. The Morgan fingerprint density at radius 3 is 3.15 bits per heavy atom. The Morgan fingerprint density at radius 2 is 2.31 bits per heavy atom. The summed E-state index contributed by atoms with van der Waals surface area (Å²) in [4.78, 5) is 15.0. The maximum absolute atomic E-state index is 13.1. The SMILES string of the molecule is C=CCOC[C@@]12CCCO[C@H]1CCN(C(=O)c1cc3ccccc3o1)C2. The number of hydrogen-bond acceptors (Lipinski definition) is 4. The first-order chi connectivity index (χ1) is 12.7. The average molecular weight is 355 g/mol. The van der Waals surface area contributed by atoms with Gasteiger partial charge in [0.05, 0.1) is 19.3 Å². The van der Waals surface area contributed by atoms with E-state index in [1.165, 1.54) is 0 Å². The first kappa shape index (κ1) is 17.3. The highest BCUT2D eigenvalue weighted by Gasteiger charge is 2.47. The summed E-state index contributed by atoms with van der Waals surface area (Å²) in [5.74, 6) is 0.358. The molecule has 2 fully saturated rings. The molecule has 0 spiro atoms. The topological polar surface area (TPSA) is 51.9 Å². The lowest BCUT2D eigenvalue weighted by molar-refractivity contribution is -0.145. The highest BCUT2D eigenvalue weighted by Crippen LogP contribution is 2.41. The van der Waals surface area contributed by atoms with Crippen molar-refractivity contribution in [3.05, 3.63) is 48.7 Å². The molecule has 3 heterocycles. The Bertz CT molecular complexity index is 765. The molecule has 5 heteroatoms. The third kappa shape index (κ3) is 3.17. The van der Waals surface area contributed by atoms with Gasteiger partial charge >= 0.3 is 0 Å². The fourth-order valence-corrected chi connectivity index (χ4v) is 4.26. The predicted octanol–water partition coefficient (Wildman–Crippen LogP) is 3.65. The summed E-state index contributed by atoms with van der Waals surface area (Å²) in [6.45, 7) is 6.95. The summed E-state index contributed by atoms with van der Waals surface area (Å²) in [6.07, 6.45) is 4.76. The number of fused-ring (bicyclic) bond motifs is 2. The highest BCUT2D eigenvalue weighted by molar-refractivity contribution is 5.96. The minimum Gasteiger partial charge on any atom is -0.451 e. The molecular weight excluding hydrogens is 330 g/mol. The molecule has 4 rings (SSSR count). The Kier molecular flexibility index (Phi) is 4.83. The number of amides is 1. The molecule has 2 aliphatic rings. The van der Waals surface area contributed by atoms with Gasteiger partial charge in [-0.15, -0.1) is 6.58 Å². The largest absolute Gasteiger partial charge is 0.451 e. The van der Waals surface area contributed by atoms with Crippen LogP contribution in [0.1, 0.15) is 29.8 Å². The van der Waals surface area contributed by atoms with Crippen LogP contribution in [0.2, 0.25) is 0 Å². The Labute approximate surface area is 153 Å². The van der Waals surface area contributed by atoms with E-state index in [4.69, 9.17) is 13.9 Å². The number of likely N-dealkylation sites (tertiary alicyclic amines) is 1. The second-order valence-electron chi connectivity index (χ2n) is 7.29. The summed E-state index contributed by atoms with van der Waals surface area (Å²) in [7, 11) is 0. The first-order valence-corrected chi connectivity index (χ1v) is 9.30. The molecule has 1 amide bonds. The zero-order valence-corrected chi connectivity index (χ0v) is 15.0. The molecule has 138 valence electrons. The van der Waals surface area contributed by atoms with E-state index in [0.717, 1.165) is 36.8 Å². The van der Waals surface area contributed by atoms with Crippen molar-refractivity contribution in [2.75, 3.05) is 32.9 Å². The molecule has 5 nitrogen and oxygen atoms in total.